The fourth-order valence-corrected chi connectivity index (χ4v) is 2.54. The van der Waals surface area contributed by atoms with Crippen LogP contribution in [0.2, 0.25) is 0 Å². The molecule has 1 aromatic heterocycles. The van der Waals surface area contributed by atoms with Crippen molar-refractivity contribution in [3.05, 3.63) is 59.8 Å². The summed E-state index contributed by atoms with van der Waals surface area (Å²) in [7, 11) is 3.21. The average Bonchev–Trinajstić information content (AvgIpc) is 3.03. The lowest BCUT2D eigenvalue weighted by Gasteiger charge is -2.06. The van der Waals surface area contributed by atoms with Crippen molar-refractivity contribution < 1.29 is 9.47 Å². The molecule has 4 heteroatoms. The minimum absolute atomic E-state index is 0.581. The van der Waals surface area contributed by atoms with Gasteiger partial charge in [-0.3, -0.25) is 0 Å². The van der Waals surface area contributed by atoms with Gasteiger partial charge >= 0.3 is 0 Å². The number of allylic oxidation sites excluding steroid dienone is 1. The second-order valence-corrected chi connectivity index (χ2v) is 5.06. The van der Waals surface area contributed by atoms with Crippen molar-refractivity contribution in [1.29, 1.82) is 5.26 Å². The zero-order chi connectivity index (χ0) is 16.2. The van der Waals surface area contributed by atoms with E-state index in [2.05, 4.69) is 11.1 Å². The summed E-state index contributed by atoms with van der Waals surface area (Å²) in [6.07, 6.45) is 3.69. The number of aromatic amines is 1. The Hall–Kier alpha value is -3.19. The summed E-state index contributed by atoms with van der Waals surface area (Å²) in [6, 6.07) is 15.7. The van der Waals surface area contributed by atoms with Crippen LogP contribution in [-0.2, 0) is 0 Å². The second-order valence-electron chi connectivity index (χ2n) is 5.06. The van der Waals surface area contributed by atoms with Crippen molar-refractivity contribution in [3.8, 4) is 17.6 Å². The molecular formula is C19H16N2O2. The van der Waals surface area contributed by atoms with E-state index in [1.54, 1.807) is 20.3 Å². The summed E-state index contributed by atoms with van der Waals surface area (Å²) < 4.78 is 10.6. The first kappa shape index (κ1) is 14.7. The number of nitriles is 1. The third-order valence-corrected chi connectivity index (χ3v) is 3.68. The molecule has 3 rings (SSSR count). The molecule has 2 aromatic carbocycles. The maximum absolute atomic E-state index is 9.58. The fourth-order valence-electron chi connectivity index (χ4n) is 2.54. The molecular weight excluding hydrogens is 288 g/mol. The van der Waals surface area contributed by atoms with Crippen LogP contribution in [0.3, 0.4) is 0 Å². The summed E-state index contributed by atoms with van der Waals surface area (Å²) in [5.41, 5.74) is 3.32. The predicted molar refractivity (Wildman–Crippen MR) is 91.3 cm³/mol. The van der Waals surface area contributed by atoms with E-state index < -0.39 is 0 Å². The molecule has 0 saturated heterocycles. The van der Waals surface area contributed by atoms with Crippen molar-refractivity contribution in [2.75, 3.05) is 14.2 Å². The number of rotatable bonds is 4. The number of methoxy groups -OCH3 is 2. The molecule has 23 heavy (non-hydrogen) atoms. The number of hydrogen-bond donors (Lipinski definition) is 1. The van der Waals surface area contributed by atoms with Gasteiger partial charge in [-0.15, -0.1) is 0 Å². The Morgan fingerprint density at radius 2 is 1.78 bits per heavy atom. The topological polar surface area (TPSA) is 58.0 Å². The van der Waals surface area contributed by atoms with Gasteiger partial charge in [0.25, 0.3) is 0 Å². The van der Waals surface area contributed by atoms with Gasteiger partial charge in [0.2, 0.25) is 0 Å². The zero-order valence-electron chi connectivity index (χ0n) is 13.0. The maximum atomic E-state index is 9.58. The number of nitrogens with zero attached hydrogens (tertiary/aromatic N) is 1. The van der Waals surface area contributed by atoms with Crippen LogP contribution in [0.4, 0.5) is 0 Å². The largest absolute Gasteiger partial charge is 0.497 e. The normalized spacial score (nSPS) is 11.3. The molecule has 0 spiro atoms. The average molecular weight is 304 g/mol. The van der Waals surface area contributed by atoms with Gasteiger partial charge in [-0.05, 0) is 29.8 Å². The summed E-state index contributed by atoms with van der Waals surface area (Å²) >= 11 is 0. The fraction of sp³-hybridized carbons (Fsp3) is 0.105. The van der Waals surface area contributed by atoms with Crippen LogP contribution in [0.5, 0.6) is 11.5 Å². The lowest BCUT2D eigenvalue weighted by molar-refractivity contribution is 0.394. The molecule has 4 nitrogen and oxygen atoms in total. The molecule has 0 radical (unpaired) electrons. The van der Waals surface area contributed by atoms with E-state index in [4.69, 9.17) is 9.47 Å². The summed E-state index contributed by atoms with van der Waals surface area (Å²) in [4.78, 5) is 3.19. The number of aromatic nitrogens is 1. The molecule has 0 unspecified atom stereocenters. The van der Waals surface area contributed by atoms with E-state index in [0.29, 0.717) is 17.1 Å². The molecule has 0 amide bonds. The van der Waals surface area contributed by atoms with Crippen LogP contribution < -0.4 is 9.47 Å². The smallest absolute Gasteiger partial charge is 0.123 e. The van der Waals surface area contributed by atoms with Gasteiger partial charge in [0.05, 0.1) is 25.9 Å². The highest BCUT2D eigenvalue weighted by atomic mass is 16.5. The van der Waals surface area contributed by atoms with Gasteiger partial charge in [0, 0.05) is 28.7 Å². The summed E-state index contributed by atoms with van der Waals surface area (Å²) in [6.45, 7) is 0. The summed E-state index contributed by atoms with van der Waals surface area (Å²) in [5, 5.41) is 10.6. The molecule has 0 aliphatic heterocycles. The second kappa shape index (κ2) is 6.29. The van der Waals surface area contributed by atoms with Crippen LogP contribution in [-0.4, -0.2) is 19.2 Å². The SMILES string of the molecule is COc1cc(C=C(C#N)c2c[nH]c3ccccc23)cc(OC)c1. The minimum atomic E-state index is 0.581. The lowest BCUT2D eigenvalue weighted by atomic mass is 10.0. The van der Waals surface area contributed by atoms with Crippen LogP contribution >= 0.6 is 0 Å². The molecule has 3 aromatic rings. The molecule has 0 atom stereocenters. The van der Waals surface area contributed by atoms with E-state index in [1.165, 1.54) is 0 Å². The molecule has 0 aliphatic carbocycles. The number of hydrogen-bond acceptors (Lipinski definition) is 3. The van der Waals surface area contributed by atoms with Gasteiger partial charge < -0.3 is 14.5 Å². The Labute approximate surface area is 134 Å². The Kier molecular flexibility index (Phi) is 4.03. The number of nitrogens with one attached hydrogen (secondary N) is 1. The first-order chi connectivity index (χ1) is 11.2. The van der Waals surface area contributed by atoms with E-state index in [0.717, 1.165) is 22.0 Å². The predicted octanol–water partition coefficient (Wildman–Crippen LogP) is 4.25. The van der Waals surface area contributed by atoms with E-state index in [9.17, 15) is 5.26 Å². The van der Waals surface area contributed by atoms with Gasteiger partial charge in [-0.2, -0.15) is 5.26 Å². The van der Waals surface area contributed by atoms with E-state index in [-0.39, 0.29) is 0 Å². The third kappa shape index (κ3) is 2.90. The van der Waals surface area contributed by atoms with Crippen LogP contribution in [0.25, 0.3) is 22.6 Å². The lowest BCUT2D eigenvalue weighted by Crippen LogP contribution is -1.89. The van der Waals surface area contributed by atoms with Crippen molar-refractivity contribution in [2.24, 2.45) is 0 Å². The zero-order valence-corrected chi connectivity index (χ0v) is 13.0. The Balaban J connectivity index is 2.11. The number of benzene rings is 2. The Morgan fingerprint density at radius 1 is 1.09 bits per heavy atom. The monoisotopic (exact) mass is 304 g/mol. The van der Waals surface area contributed by atoms with Gasteiger partial charge in [0.1, 0.15) is 11.5 Å². The number of para-hydroxylation sites is 1. The van der Waals surface area contributed by atoms with Crippen LogP contribution in [0.15, 0.2) is 48.7 Å². The van der Waals surface area contributed by atoms with Crippen molar-refractivity contribution in [2.45, 2.75) is 0 Å². The van der Waals surface area contributed by atoms with Crippen molar-refractivity contribution in [1.82, 2.24) is 4.98 Å². The van der Waals surface area contributed by atoms with Crippen LogP contribution in [0.1, 0.15) is 11.1 Å². The Bertz CT molecular complexity index is 894. The number of ether oxygens (including phenoxy) is 2. The van der Waals surface area contributed by atoms with Crippen molar-refractivity contribution >= 4 is 22.6 Å². The van der Waals surface area contributed by atoms with Gasteiger partial charge in [-0.25, -0.2) is 0 Å². The highest BCUT2D eigenvalue weighted by molar-refractivity contribution is 6.01. The molecule has 0 fully saturated rings. The molecule has 114 valence electrons. The standard InChI is InChI=1S/C19H16N2O2/c1-22-15-8-13(9-16(10-15)23-2)7-14(11-20)18-12-21-19-6-4-3-5-17(18)19/h3-10,12,21H,1-2H3. The summed E-state index contributed by atoms with van der Waals surface area (Å²) in [5.74, 6) is 1.37. The minimum Gasteiger partial charge on any atom is -0.497 e. The molecule has 0 saturated carbocycles. The highest BCUT2D eigenvalue weighted by Gasteiger charge is 2.09. The van der Waals surface area contributed by atoms with Crippen molar-refractivity contribution in [3.63, 3.8) is 0 Å². The van der Waals surface area contributed by atoms with Gasteiger partial charge in [0.15, 0.2) is 0 Å². The van der Waals surface area contributed by atoms with Crippen LogP contribution in [0, 0.1) is 11.3 Å². The first-order valence-electron chi connectivity index (χ1n) is 7.16. The van der Waals surface area contributed by atoms with E-state index >= 15 is 0 Å². The van der Waals surface area contributed by atoms with Gasteiger partial charge in [-0.1, -0.05) is 18.2 Å². The molecule has 0 bridgehead atoms. The highest BCUT2D eigenvalue weighted by Crippen LogP contribution is 2.29. The van der Waals surface area contributed by atoms with E-state index in [1.807, 2.05) is 48.7 Å². The number of fused-ring (bicyclic) bond motifs is 1. The molecule has 0 aliphatic rings. The molecule has 1 N–H and O–H groups in total. The number of H-pyrrole nitrogens is 1. The first-order valence-corrected chi connectivity index (χ1v) is 7.16. The third-order valence-electron chi connectivity index (χ3n) is 3.68. The quantitative estimate of drug-likeness (QED) is 0.733. The molecule has 1 heterocycles. The Morgan fingerprint density at radius 3 is 2.43 bits per heavy atom. The maximum Gasteiger partial charge on any atom is 0.123 e.